The van der Waals surface area contributed by atoms with Gasteiger partial charge in [0.05, 0.1) is 16.5 Å². The fourth-order valence-electron chi connectivity index (χ4n) is 3.46. The van der Waals surface area contributed by atoms with Gasteiger partial charge >= 0.3 is 5.97 Å². The maximum atomic E-state index is 12.8. The van der Waals surface area contributed by atoms with E-state index in [0.717, 1.165) is 22.9 Å². The molecular weight excluding hydrogens is 545 g/mol. The van der Waals surface area contributed by atoms with E-state index in [4.69, 9.17) is 32.7 Å². The molecule has 0 aliphatic carbocycles. The summed E-state index contributed by atoms with van der Waals surface area (Å²) >= 11 is 13.4. The molecule has 1 aliphatic heterocycles. The molecule has 1 aliphatic rings. The Morgan fingerprint density at radius 2 is 1.74 bits per heavy atom. The molecule has 0 fully saturated rings. The number of rotatable bonds is 7. The second kappa shape index (κ2) is 12.3. The SMILES string of the molecule is CCOC(=O)C1=C(O)/C(=C/c2ccc(OCc3ccc(Cl)cc3)c(Cl)c2)SC1=NC(=O)c1ccc(C)cc1. The van der Waals surface area contributed by atoms with Gasteiger partial charge in [-0.3, -0.25) is 4.79 Å². The Hall–Kier alpha value is -3.52. The quantitative estimate of drug-likeness (QED) is 0.296. The minimum Gasteiger partial charge on any atom is -0.506 e. The summed E-state index contributed by atoms with van der Waals surface area (Å²) in [5.74, 6) is -1.13. The van der Waals surface area contributed by atoms with Crippen molar-refractivity contribution in [2.75, 3.05) is 6.61 Å². The molecule has 0 atom stereocenters. The first-order valence-electron chi connectivity index (χ1n) is 11.6. The molecule has 194 valence electrons. The average molecular weight is 568 g/mol. The van der Waals surface area contributed by atoms with Gasteiger partial charge in [0.25, 0.3) is 5.91 Å². The summed E-state index contributed by atoms with van der Waals surface area (Å²) in [6.07, 6.45) is 1.65. The summed E-state index contributed by atoms with van der Waals surface area (Å²) in [5, 5.41) is 12.0. The zero-order chi connectivity index (χ0) is 27.2. The summed E-state index contributed by atoms with van der Waals surface area (Å²) in [6.45, 7) is 3.98. The molecule has 4 rings (SSSR count). The van der Waals surface area contributed by atoms with E-state index in [0.29, 0.717) is 38.4 Å². The lowest BCUT2D eigenvalue weighted by molar-refractivity contribution is -0.138. The summed E-state index contributed by atoms with van der Waals surface area (Å²) in [5.41, 5.74) is 2.80. The lowest BCUT2D eigenvalue weighted by Gasteiger charge is -2.09. The molecule has 0 aromatic heterocycles. The van der Waals surface area contributed by atoms with Gasteiger partial charge in [0.2, 0.25) is 0 Å². The molecule has 1 heterocycles. The van der Waals surface area contributed by atoms with Gasteiger partial charge in [-0.2, -0.15) is 0 Å². The summed E-state index contributed by atoms with van der Waals surface area (Å²) < 4.78 is 10.9. The molecule has 0 spiro atoms. The van der Waals surface area contributed by atoms with Gasteiger partial charge in [0.1, 0.15) is 28.7 Å². The normalized spacial score (nSPS) is 15.3. The predicted octanol–water partition coefficient (Wildman–Crippen LogP) is 7.58. The van der Waals surface area contributed by atoms with Crippen LogP contribution in [0.5, 0.6) is 5.75 Å². The molecule has 38 heavy (non-hydrogen) atoms. The third-order valence-electron chi connectivity index (χ3n) is 5.43. The van der Waals surface area contributed by atoms with E-state index in [-0.39, 0.29) is 23.0 Å². The number of aliphatic hydroxyl groups excluding tert-OH is 1. The van der Waals surface area contributed by atoms with Gasteiger partial charge in [-0.15, -0.1) is 0 Å². The molecule has 3 aromatic carbocycles. The highest BCUT2D eigenvalue weighted by molar-refractivity contribution is 8.18. The monoisotopic (exact) mass is 567 g/mol. The second-order valence-electron chi connectivity index (χ2n) is 8.25. The van der Waals surface area contributed by atoms with Gasteiger partial charge in [-0.05, 0) is 67.4 Å². The lowest BCUT2D eigenvalue weighted by Crippen LogP contribution is -2.14. The number of hydrogen-bond acceptors (Lipinski definition) is 6. The maximum Gasteiger partial charge on any atom is 0.344 e. The van der Waals surface area contributed by atoms with E-state index in [1.807, 2.05) is 19.1 Å². The number of carbonyl (C=O) groups is 2. The number of benzene rings is 3. The van der Waals surface area contributed by atoms with Crippen LogP contribution in [0.3, 0.4) is 0 Å². The van der Waals surface area contributed by atoms with Crippen LogP contribution in [0.15, 0.2) is 88.0 Å². The Kier molecular flexibility index (Phi) is 8.94. The fraction of sp³-hybridized carbons (Fsp3) is 0.138. The van der Waals surface area contributed by atoms with Crippen LogP contribution in [0.1, 0.15) is 34.0 Å². The number of hydrogen-bond donors (Lipinski definition) is 1. The second-order valence-corrected chi connectivity index (χ2v) is 10.1. The first kappa shape index (κ1) is 27.5. The zero-order valence-electron chi connectivity index (χ0n) is 20.5. The van der Waals surface area contributed by atoms with Crippen molar-refractivity contribution in [3.05, 3.63) is 115 Å². The Balaban J connectivity index is 1.58. The Morgan fingerprint density at radius 3 is 2.39 bits per heavy atom. The van der Waals surface area contributed by atoms with Gasteiger partial charge < -0.3 is 14.6 Å². The maximum absolute atomic E-state index is 12.8. The summed E-state index contributed by atoms with van der Waals surface area (Å²) in [6, 6.07) is 19.4. The number of halogens is 2. The highest BCUT2D eigenvalue weighted by Gasteiger charge is 2.34. The van der Waals surface area contributed by atoms with Crippen molar-refractivity contribution < 1.29 is 24.2 Å². The molecule has 0 saturated carbocycles. The van der Waals surface area contributed by atoms with Crippen molar-refractivity contribution >= 4 is 58.0 Å². The number of thioether (sulfide) groups is 1. The number of amides is 1. The van der Waals surface area contributed by atoms with Crippen LogP contribution < -0.4 is 4.74 Å². The van der Waals surface area contributed by atoms with E-state index in [1.165, 1.54) is 0 Å². The summed E-state index contributed by atoms with van der Waals surface area (Å²) in [7, 11) is 0. The zero-order valence-corrected chi connectivity index (χ0v) is 22.9. The number of aliphatic hydroxyl groups is 1. The number of aliphatic imine (C=N–C) groups is 1. The standard InChI is InChI=1S/C29H23Cl2NO5S/c1-3-36-29(35)25-26(33)24(38-28(25)32-27(34)20-9-4-17(2)5-10-20)15-19-8-13-23(22(31)14-19)37-16-18-6-11-21(30)12-7-18/h4-15,33H,3,16H2,1-2H3/b24-15-,32-28?. The number of nitrogens with zero attached hydrogens (tertiary/aromatic N) is 1. The fourth-order valence-corrected chi connectivity index (χ4v) is 4.84. The minimum atomic E-state index is -0.764. The number of ether oxygens (including phenoxy) is 2. The molecule has 0 saturated heterocycles. The molecular formula is C29H23Cl2NO5S. The van der Waals surface area contributed by atoms with Crippen molar-refractivity contribution in [3.8, 4) is 5.75 Å². The molecule has 6 nitrogen and oxygen atoms in total. The third kappa shape index (κ3) is 6.67. The van der Waals surface area contributed by atoms with Gasteiger partial charge in [0, 0.05) is 10.6 Å². The summed E-state index contributed by atoms with van der Waals surface area (Å²) in [4.78, 5) is 29.8. The third-order valence-corrected chi connectivity index (χ3v) is 7.00. The molecule has 3 aromatic rings. The van der Waals surface area contributed by atoms with E-state index in [1.54, 1.807) is 67.6 Å². The predicted molar refractivity (Wildman–Crippen MR) is 152 cm³/mol. The van der Waals surface area contributed by atoms with Gasteiger partial charge in [-0.25, -0.2) is 9.79 Å². The van der Waals surface area contributed by atoms with Crippen molar-refractivity contribution in [1.82, 2.24) is 0 Å². The smallest absolute Gasteiger partial charge is 0.344 e. The van der Waals surface area contributed by atoms with Crippen molar-refractivity contribution in [1.29, 1.82) is 0 Å². The topological polar surface area (TPSA) is 85.2 Å². The van der Waals surface area contributed by atoms with Crippen LogP contribution in [-0.2, 0) is 16.1 Å². The molecule has 1 N–H and O–H groups in total. The highest BCUT2D eigenvalue weighted by atomic mass is 35.5. The Labute approximate surface area is 234 Å². The lowest BCUT2D eigenvalue weighted by atomic mass is 10.1. The van der Waals surface area contributed by atoms with Gasteiger partial charge in [0.15, 0.2) is 0 Å². The van der Waals surface area contributed by atoms with Gasteiger partial charge in [-0.1, -0.05) is 70.9 Å². The first-order valence-corrected chi connectivity index (χ1v) is 13.2. The highest BCUT2D eigenvalue weighted by Crippen LogP contribution is 2.40. The molecule has 0 bridgehead atoms. The van der Waals surface area contributed by atoms with Crippen LogP contribution in [-0.4, -0.2) is 28.6 Å². The van der Waals surface area contributed by atoms with Crippen LogP contribution >= 0.6 is 35.0 Å². The molecule has 1 amide bonds. The van der Waals surface area contributed by atoms with E-state index in [9.17, 15) is 14.7 Å². The molecule has 0 unspecified atom stereocenters. The van der Waals surface area contributed by atoms with E-state index >= 15 is 0 Å². The Morgan fingerprint density at radius 1 is 1.03 bits per heavy atom. The average Bonchev–Trinajstić information content (AvgIpc) is 3.19. The molecule has 0 radical (unpaired) electrons. The van der Waals surface area contributed by atoms with Crippen molar-refractivity contribution in [2.24, 2.45) is 4.99 Å². The minimum absolute atomic E-state index is 0.0618. The first-order chi connectivity index (χ1) is 18.2. The van der Waals surface area contributed by atoms with E-state index < -0.39 is 11.9 Å². The van der Waals surface area contributed by atoms with E-state index in [2.05, 4.69) is 4.99 Å². The number of carbonyl (C=O) groups excluding carboxylic acids is 2. The largest absolute Gasteiger partial charge is 0.506 e. The van der Waals surface area contributed by atoms with Crippen LogP contribution in [0.4, 0.5) is 0 Å². The molecule has 9 heteroatoms. The Bertz CT molecular complexity index is 1460. The van der Waals surface area contributed by atoms with Crippen LogP contribution in [0.2, 0.25) is 10.0 Å². The number of esters is 1. The van der Waals surface area contributed by atoms with Crippen LogP contribution in [0.25, 0.3) is 6.08 Å². The van der Waals surface area contributed by atoms with Crippen molar-refractivity contribution in [2.45, 2.75) is 20.5 Å². The number of aryl methyl sites for hydroxylation is 1. The van der Waals surface area contributed by atoms with Crippen LogP contribution in [0, 0.1) is 6.92 Å². The van der Waals surface area contributed by atoms with Crippen molar-refractivity contribution in [3.63, 3.8) is 0 Å².